The maximum atomic E-state index is 12.9. The Bertz CT molecular complexity index is 899. The first-order chi connectivity index (χ1) is 13.2. The number of amides is 1. The van der Waals surface area contributed by atoms with Crippen molar-refractivity contribution in [1.29, 1.82) is 0 Å². The molecule has 0 unspecified atom stereocenters. The van der Waals surface area contributed by atoms with Crippen molar-refractivity contribution in [2.75, 3.05) is 11.9 Å². The van der Waals surface area contributed by atoms with Crippen LogP contribution in [-0.2, 0) is 13.1 Å². The highest BCUT2D eigenvalue weighted by molar-refractivity contribution is 6.31. The summed E-state index contributed by atoms with van der Waals surface area (Å²) in [7, 11) is 0. The first-order valence-corrected chi connectivity index (χ1v) is 9.30. The number of benzene rings is 2. The number of nitrogens with one attached hydrogen (secondary N) is 1. The molecule has 1 aromatic heterocycles. The average molecular weight is 380 g/mol. The third kappa shape index (κ3) is 5.08. The van der Waals surface area contributed by atoms with E-state index in [0.29, 0.717) is 30.2 Å². The summed E-state index contributed by atoms with van der Waals surface area (Å²) in [5.41, 5.74) is 3.46. The maximum absolute atomic E-state index is 12.9. The monoisotopic (exact) mass is 379 g/mol. The first-order valence-electron chi connectivity index (χ1n) is 8.93. The number of pyridine rings is 1. The highest BCUT2D eigenvalue weighted by Gasteiger charge is 2.15. The molecule has 1 heterocycles. The Morgan fingerprint density at radius 1 is 1.07 bits per heavy atom. The van der Waals surface area contributed by atoms with Gasteiger partial charge < -0.3 is 10.2 Å². The van der Waals surface area contributed by atoms with Crippen molar-refractivity contribution >= 4 is 23.2 Å². The van der Waals surface area contributed by atoms with Gasteiger partial charge in [0.15, 0.2) is 0 Å². The molecule has 1 amide bonds. The summed E-state index contributed by atoms with van der Waals surface area (Å²) in [4.78, 5) is 18.9. The number of halogens is 1. The van der Waals surface area contributed by atoms with E-state index in [0.717, 1.165) is 16.8 Å². The number of rotatable bonds is 7. The van der Waals surface area contributed by atoms with Gasteiger partial charge in [0.2, 0.25) is 0 Å². The van der Waals surface area contributed by atoms with Gasteiger partial charge in [-0.25, -0.2) is 0 Å². The molecule has 2 aromatic carbocycles. The highest BCUT2D eigenvalue weighted by atomic mass is 35.5. The van der Waals surface area contributed by atoms with Crippen LogP contribution in [-0.4, -0.2) is 22.3 Å². The standard InChI is InChI=1S/C22H22ClN3O/c1-2-26(16-17-8-4-3-5-9-17)22(27)19-12-20(15-24-13-19)25-14-18-10-6-7-11-21(18)23/h3-13,15,25H,2,14,16H2,1H3. The smallest absolute Gasteiger partial charge is 0.255 e. The van der Waals surface area contributed by atoms with Crippen molar-refractivity contribution in [3.8, 4) is 0 Å². The molecule has 0 radical (unpaired) electrons. The van der Waals surface area contributed by atoms with Crippen LogP contribution in [0.1, 0.15) is 28.4 Å². The van der Waals surface area contributed by atoms with Crippen LogP contribution in [0.15, 0.2) is 73.1 Å². The molecule has 5 heteroatoms. The van der Waals surface area contributed by atoms with E-state index in [1.54, 1.807) is 12.4 Å². The fourth-order valence-electron chi connectivity index (χ4n) is 2.81. The van der Waals surface area contributed by atoms with Crippen LogP contribution in [0.5, 0.6) is 0 Å². The van der Waals surface area contributed by atoms with Gasteiger partial charge in [-0.2, -0.15) is 0 Å². The lowest BCUT2D eigenvalue weighted by Gasteiger charge is -2.21. The molecular formula is C22H22ClN3O. The van der Waals surface area contributed by atoms with E-state index in [2.05, 4.69) is 10.3 Å². The van der Waals surface area contributed by atoms with Crippen LogP contribution < -0.4 is 5.32 Å². The minimum Gasteiger partial charge on any atom is -0.380 e. The summed E-state index contributed by atoms with van der Waals surface area (Å²) in [5.74, 6) is -0.0322. The van der Waals surface area contributed by atoms with E-state index in [4.69, 9.17) is 11.6 Å². The number of aromatic nitrogens is 1. The quantitative estimate of drug-likeness (QED) is 0.627. The third-order valence-corrected chi connectivity index (χ3v) is 4.68. The van der Waals surface area contributed by atoms with E-state index in [9.17, 15) is 4.79 Å². The van der Waals surface area contributed by atoms with E-state index >= 15 is 0 Å². The maximum Gasteiger partial charge on any atom is 0.255 e. The van der Waals surface area contributed by atoms with Crippen molar-refractivity contribution < 1.29 is 4.79 Å². The predicted molar refractivity (Wildman–Crippen MR) is 110 cm³/mol. The van der Waals surface area contributed by atoms with Crippen LogP contribution in [0, 0.1) is 0 Å². The zero-order valence-electron chi connectivity index (χ0n) is 15.2. The van der Waals surface area contributed by atoms with Gasteiger partial charge >= 0.3 is 0 Å². The van der Waals surface area contributed by atoms with Crippen molar-refractivity contribution in [2.24, 2.45) is 0 Å². The Balaban J connectivity index is 1.70. The second-order valence-corrected chi connectivity index (χ2v) is 6.62. The molecule has 0 saturated carbocycles. The number of nitrogens with zero attached hydrogens (tertiary/aromatic N) is 2. The van der Waals surface area contributed by atoms with Crippen LogP contribution in [0.3, 0.4) is 0 Å². The number of anilines is 1. The third-order valence-electron chi connectivity index (χ3n) is 4.31. The Labute approximate surface area is 164 Å². The molecule has 138 valence electrons. The molecule has 27 heavy (non-hydrogen) atoms. The minimum absolute atomic E-state index is 0.0322. The SMILES string of the molecule is CCN(Cc1ccccc1)C(=O)c1cncc(NCc2ccccc2Cl)c1. The molecule has 0 aliphatic carbocycles. The van der Waals surface area contributed by atoms with E-state index in [-0.39, 0.29) is 5.91 Å². The van der Waals surface area contributed by atoms with Gasteiger partial charge in [0.25, 0.3) is 5.91 Å². The van der Waals surface area contributed by atoms with Crippen LogP contribution in [0.25, 0.3) is 0 Å². The Morgan fingerprint density at radius 3 is 2.56 bits per heavy atom. The van der Waals surface area contributed by atoms with Crippen LogP contribution >= 0.6 is 11.6 Å². The molecule has 0 fully saturated rings. The molecule has 0 aliphatic heterocycles. The van der Waals surface area contributed by atoms with E-state index in [1.165, 1.54) is 0 Å². The second-order valence-electron chi connectivity index (χ2n) is 6.21. The zero-order valence-corrected chi connectivity index (χ0v) is 16.0. The van der Waals surface area contributed by atoms with Gasteiger partial charge in [-0.3, -0.25) is 9.78 Å². The summed E-state index contributed by atoms with van der Waals surface area (Å²) in [6.45, 7) is 3.76. The van der Waals surface area contributed by atoms with Crippen LogP contribution in [0.4, 0.5) is 5.69 Å². The molecule has 4 nitrogen and oxygen atoms in total. The lowest BCUT2D eigenvalue weighted by atomic mass is 10.1. The fourth-order valence-corrected chi connectivity index (χ4v) is 3.01. The Kier molecular flexibility index (Phi) is 6.44. The molecule has 3 rings (SSSR count). The molecule has 1 N–H and O–H groups in total. The van der Waals surface area contributed by atoms with Gasteiger partial charge in [-0.15, -0.1) is 0 Å². The van der Waals surface area contributed by atoms with Crippen LogP contribution in [0.2, 0.25) is 5.02 Å². The molecule has 0 atom stereocenters. The van der Waals surface area contributed by atoms with Crippen molar-refractivity contribution in [2.45, 2.75) is 20.0 Å². The minimum atomic E-state index is -0.0322. The number of carbonyl (C=O) groups is 1. The zero-order chi connectivity index (χ0) is 19.1. The molecule has 3 aromatic rings. The molecule has 0 aliphatic rings. The van der Waals surface area contributed by atoms with Gasteiger partial charge in [0.05, 0.1) is 11.3 Å². The summed E-state index contributed by atoms with van der Waals surface area (Å²) >= 11 is 6.19. The molecule has 0 spiro atoms. The second kappa shape index (κ2) is 9.19. The Hall–Kier alpha value is -2.85. The Morgan fingerprint density at radius 2 is 1.81 bits per heavy atom. The van der Waals surface area contributed by atoms with Gasteiger partial charge in [0.1, 0.15) is 0 Å². The summed E-state index contributed by atoms with van der Waals surface area (Å²) in [6, 6.07) is 19.5. The van der Waals surface area contributed by atoms with Crippen molar-refractivity contribution in [3.63, 3.8) is 0 Å². The normalized spacial score (nSPS) is 10.4. The molecular weight excluding hydrogens is 358 g/mol. The summed E-state index contributed by atoms with van der Waals surface area (Å²) in [6.07, 6.45) is 3.32. The number of hydrogen-bond acceptors (Lipinski definition) is 3. The lowest BCUT2D eigenvalue weighted by molar-refractivity contribution is 0.0752. The van der Waals surface area contributed by atoms with Crippen molar-refractivity contribution in [1.82, 2.24) is 9.88 Å². The number of carbonyl (C=O) groups excluding carboxylic acids is 1. The number of hydrogen-bond donors (Lipinski definition) is 1. The lowest BCUT2D eigenvalue weighted by Crippen LogP contribution is -2.30. The summed E-state index contributed by atoms with van der Waals surface area (Å²) in [5, 5.41) is 4.00. The fraction of sp³-hybridized carbons (Fsp3) is 0.182. The topological polar surface area (TPSA) is 45.2 Å². The molecule has 0 bridgehead atoms. The van der Waals surface area contributed by atoms with Crippen molar-refractivity contribution in [3.05, 3.63) is 94.8 Å². The highest BCUT2D eigenvalue weighted by Crippen LogP contribution is 2.18. The van der Waals surface area contributed by atoms with E-state index < -0.39 is 0 Å². The predicted octanol–water partition coefficient (Wildman–Crippen LogP) is 5.01. The van der Waals surface area contributed by atoms with Gasteiger partial charge in [-0.05, 0) is 30.2 Å². The summed E-state index contributed by atoms with van der Waals surface area (Å²) < 4.78 is 0. The first kappa shape index (κ1) is 18.9. The van der Waals surface area contributed by atoms with Gasteiger partial charge in [0, 0.05) is 37.1 Å². The largest absolute Gasteiger partial charge is 0.380 e. The van der Waals surface area contributed by atoms with Gasteiger partial charge in [-0.1, -0.05) is 60.1 Å². The average Bonchev–Trinajstić information content (AvgIpc) is 2.72. The van der Waals surface area contributed by atoms with E-state index in [1.807, 2.05) is 72.5 Å². The molecule has 0 saturated heterocycles.